The summed E-state index contributed by atoms with van der Waals surface area (Å²) in [5.74, 6) is -0.348. The van der Waals surface area contributed by atoms with E-state index in [0.29, 0.717) is 28.9 Å². The number of carbonyl (C=O) groups is 2. The van der Waals surface area contributed by atoms with Crippen LogP contribution in [0, 0.1) is 11.3 Å². The Morgan fingerprint density at radius 3 is 2.77 bits per heavy atom. The minimum atomic E-state index is -0.241. The van der Waals surface area contributed by atoms with Crippen molar-refractivity contribution in [1.29, 1.82) is 5.26 Å². The monoisotopic (exact) mass is 397 g/mol. The summed E-state index contributed by atoms with van der Waals surface area (Å²) >= 11 is 0. The van der Waals surface area contributed by atoms with Crippen LogP contribution in [-0.4, -0.2) is 33.0 Å². The molecule has 0 spiro atoms. The second kappa shape index (κ2) is 7.68. The molecule has 0 atom stereocenters. The molecule has 1 aliphatic heterocycles. The van der Waals surface area contributed by atoms with Crippen LogP contribution < -0.4 is 5.32 Å². The van der Waals surface area contributed by atoms with E-state index in [1.807, 2.05) is 42.5 Å². The Balaban J connectivity index is 1.62. The molecule has 2 heterocycles. The lowest BCUT2D eigenvalue weighted by Crippen LogP contribution is -2.25. The van der Waals surface area contributed by atoms with Crippen LogP contribution in [0.3, 0.4) is 0 Å². The molecule has 30 heavy (non-hydrogen) atoms. The van der Waals surface area contributed by atoms with Gasteiger partial charge >= 0.3 is 0 Å². The van der Waals surface area contributed by atoms with Gasteiger partial charge in [0.2, 0.25) is 0 Å². The van der Waals surface area contributed by atoms with Crippen LogP contribution in [0.5, 0.6) is 0 Å². The van der Waals surface area contributed by atoms with Crippen LogP contribution in [0.2, 0.25) is 0 Å². The number of hydrogen-bond acceptors (Lipinski definition) is 4. The Labute approximate surface area is 173 Å². The molecular formula is C23H19N5O2. The van der Waals surface area contributed by atoms with Crippen LogP contribution in [0.1, 0.15) is 26.3 Å². The number of nitrogens with zero attached hydrogens (tertiary/aromatic N) is 4. The molecule has 7 nitrogen and oxygen atoms in total. The average molecular weight is 397 g/mol. The number of hydrogen-bond donors (Lipinski definition) is 1. The van der Waals surface area contributed by atoms with E-state index in [4.69, 9.17) is 5.26 Å². The summed E-state index contributed by atoms with van der Waals surface area (Å²) < 4.78 is 1.57. The van der Waals surface area contributed by atoms with Gasteiger partial charge in [0.25, 0.3) is 11.8 Å². The Kier molecular flexibility index (Phi) is 4.90. The molecule has 7 heteroatoms. The highest BCUT2D eigenvalue weighted by Gasteiger charge is 2.29. The van der Waals surface area contributed by atoms with Gasteiger partial charge in [0.15, 0.2) is 0 Å². The number of benzene rings is 2. The highest BCUT2D eigenvalue weighted by molar-refractivity contribution is 6.04. The fourth-order valence-electron chi connectivity index (χ4n) is 3.56. The molecule has 0 saturated heterocycles. The lowest BCUT2D eigenvalue weighted by atomic mass is 9.96. The van der Waals surface area contributed by atoms with Gasteiger partial charge in [-0.1, -0.05) is 30.8 Å². The van der Waals surface area contributed by atoms with E-state index in [9.17, 15) is 9.59 Å². The quantitative estimate of drug-likeness (QED) is 0.668. The van der Waals surface area contributed by atoms with Gasteiger partial charge in [0.05, 0.1) is 24.4 Å². The topological polar surface area (TPSA) is 91.0 Å². The summed E-state index contributed by atoms with van der Waals surface area (Å²) in [5.41, 5.74) is 4.82. The minimum absolute atomic E-state index is 0.107. The third kappa shape index (κ3) is 3.59. The Bertz CT molecular complexity index is 1220. The number of amides is 2. The first-order chi connectivity index (χ1) is 14.5. The summed E-state index contributed by atoms with van der Waals surface area (Å²) in [6.45, 7) is 4.31. The van der Waals surface area contributed by atoms with E-state index in [1.54, 1.807) is 28.9 Å². The predicted octanol–water partition coefficient (Wildman–Crippen LogP) is 3.37. The largest absolute Gasteiger partial charge is 0.329 e. The van der Waals surface area contributed by atoms with Crippen molar-refractivity contribution in [1.82, 2.24) is 14.7 Å². The van der Waals surface area contributed by atoms with Crippen molar-refractivity contribution >= 4 is 17.5 Å². The molecule has 0 fully saturated rings. The van der Waals surface area contributed by atoms with Crippen LogP contribution in [0.4, 0.5) is 5.69 Å². The van der Waals surface area contributed by atoms with Gasteiger partial charge in [-0.15, -0.1) is 0 Å². The number of rotatable bonds is 5. The third-order valence-electron chi connectivity index (χ3n) is 4.98. The Hall–Kier alpha value is -4.18. The maximum Gasteiger partial charge on any atom is 0.258 e. The lowest BCUT2D eigenvalue weighted by Gasteiger charge is -2.14. The molecule has 0 radical (unpaired) electrons. The fourth-order valence-corrected chi connectivity index (χ4v) is 3.56. The van der Waals surface area contributed by atoms with E-state index >= 15 is 0 Å². The average Bonchev–Trinajstić information content (AvgIpc) is 3.32. The molecular weight excluding hydrogens is 378 g/mol. The van der Waals surface area contributed by atoms with Gasteiger partial charge in [0.1, 0.15) is 0 Å². The van der Waals surface area contributed by atoms with Gasteiger partial charge in [-0.05, 0) is 34.9 Å². The molecule has 3 aromatic rings. The van der Waals surface area contributed by atoms with Gasteiger partial charge in [-0.2, -0.15) is 10.4 Å². The summed E-state index contributed by atoms with van der Waals surface area (Å²) in [7, 11) is 1.75. The Morgan fingerprint density at radius 2 is 2.03 bits per heavy atom. The van der Waals surface area contributed by atoms with E-state index < -0.39 is 0 Å². The maximum atomic E-state index is 12.7. The first-order valence-electron chi connectivity index (χ1n) is 9.35. The molecule has 1 N–H and O–H groups in total. The summed E-state index contributed by atoms with van der Waals surface area (Å²) in [4.78, 5) is 26.8. The van der Waals surface area contributed by atoms with Crippen molar-refractivity contribution in [3.05, 3.63) is 83.7 Å². The van der Waals surface area contributed by atoms with Crippen molar-refractivity contribution in [2.24, 2.45) is 7.05 Å². The standard InChI is InChI=1S/C23H19N5O2/c1-15(10-24)12-28-14-21-19(7-4-8-20(21)23(28)30)16-5-3-6-18(9-16)26-22(29)17-11-25-27(2)13-17/h3-9,11,13H,1,12,14H2,2H3,(H,26,29). The van der Waals surface area contributed by atoms with Crippen LogP contribution in [-0.2, 0) is 13.6 Å². The fraction of sp³-hybridized carbons (Fsp3) is 0.130. The molecule has 1 aliphatic rings. The summed E-state index contributed by atoms with van der Waals surface area (Å²) in [6, 6.07) is 15.1. The second-order valence-corrected chi connectivity index (χ2v) is 7.15. The zero-order valence-electron chi connectivity index (χ0n) is 16.4. The number of nitriles is 1. The van der Waals surface area contributed by atoms with E-state index in [-0.39, 0.29) is 18.4 Å². The van der Waals surface area contributed by atoms with Crippen molar-refractivity contribution in [3.63, 3.8) is 0 Å². The van der Waals surface area contributed by atoms with Crippen molar-refractivity contribution < 1.29 is 9.59 Å². The highest BCUT2D eigenvalue weighted by atomic mass is 16.2. The molecule has 148 valence electrons. The number of anilines is 1. The third-order valence-corrected chi connectivity index (χ3v) is 4.98. The van der Waals surface area contributed by atoms with Gasteiger partial charge in [-0.3, -0.25) is 14.3 Å². The molecule has 4 rings (SSSR count). The number of carbonyl (C=O) groups excluding carboxylic acids is 2. The summed E-state index contributed by atoms with van der Waals surface area (Å²) in [6.07, 6.45) is 3.16. The van der Waals surface area contributed by atoms with Gasteiger partial charge in [0, 0.05) is 36.6 Å². The first-order valence-corrected chi connectivity index (χ1v) is 9.35. The molecule has 2 aromatic carbocycles. The predicted molar refractivity (Wildman–Crippen MR) is 113 cm³/mol. The molecule has 2 amide bonds. The van der Waals surface area contributed by atoms with E-state index in [1.165, 1.54) is 6.20 Å². The van der Waals surface area contributed by atoms with Crippen LogP contribution in [0.25, 0.3) is 11.1 Å². The van der Waals surface area contributed by atoms with Crippen molar-refractivity contribution in [3.8, 4) is 17.2 Å². The Morgan fingerprint density at radius 1 is 1.27 bits per heavy atom. The molecule has 0 aliphatic carbocycles. The van der Waals surface area contributed by atoms with Gasteiger partial charge in [-0.25, -0.2) is 0 Å². The zero-order valence-corrected chi connectivity index (χ0v) is 16.4. The number of fused-ring (bicyclic) bond motifs is 1. The van der Waals surface area contributed by atoms with Gasteiger partial charge < -0.3 is 10.2 Å². The van der Waals surface area contributed by atoms with Crippen LogP contribution in [0.15, 0.2) is 67.0 Å². The number of aromatic nitrogens is 2. The maximum absolute atomic E-state index is 12.7. The second-order valence-electron chi connectivity index (χ2n) is 7.15. The molecule has 0 unspecified atom stereocenters. The van der Waals surface area contributed by atoms with Crippen LogP contribution >= 0.6 is 0 Å². The van der Waals surface area contributed by atoms with Crippen molar-refractivity contribution in [2.75, 3.05) is 11.9 Å². The summed E-state index contributed by atoms with van der Waals surface area (Å²) in [5, 5.41) is 15.9. The number of aryl methyl sites for hydroxylation is 1. The first kappa shape index (κ1) is 19.2. The normalized spacial score (nSPS) is 12.4. The SMILES string of the molecule is C=C(C#N)CN1Cc2c(cccc2-c2cccc(NC(=O)c3cnn(C)c3)c2)C1=O. The molecule has 0 saturated carbocycles. The lowest BCUT2D eigenvalue weighted by molar-refractivity contribution is 0.0793. The zero-order chi connectivity index (χ0) is 21.3. The minimum Gasteiger partial charge on any atom is -0.329 e. The van der Waals surface area contributed by atoms with E-state index in [2.05, 4.69) is 17.0 Å². The van der Waals surface area contributed by atoms with E-state index in [0.717, 1.165) is 16.7 Å². The molecule has 1 aromatic heterocycles. The molecule has 0 bridgehead atoms. The van der Waals surface area contributed by atoms with Crippen molar-refractivity contribution in [2.45, 2.75) is 6.54 Å². The highest BCUT2D eigenvalue weighted by Crippen LogP contribution is 2.34. The number of nitrogens with one attached hydrogen (secondary N) is 1. The smallest absolute Gasteiger partial charge is 0.258 e.